The molecule has 0 bridgehead atoms. The van der Waals surface area contributed by atoms with Crippen LogP contribution in [-0.2, 0) is 5.88 Å². The number of alkyl halides is 1. The summed E-state index contributed by atoms with van der Waals surface area (Å²) < 4.78 is 5.84. The van der Waals surface area contributed by atoms with Crippen LogP contribution in [0.1, 0.15) is 44.1 Å². The van der Waals surface area contributed by atoms with Crippen molar-refractivity contribution in [1.82, 2.24) is 0 Å². The molecule has 19 heavy (non-hydrogen) atoms. The number of ether oxygens (including phenoxy) is 1. The Balaban J connectivity index is 1.91. The summed E-state index contributed by atoms with van der Waals surface area (Å²) >= 11 is 18.0. The molecule has 1 aromatic rings. The smallest absolute Gasteiger partial charge is 0.142 e. The van der Waals surface area contributed by atoms with Crippen LogP contribution in [0.5, 0.6) is 5.75 Å². The zero-order valence-electron chi connectivity index (χ0n) is 10.9. The summed E-state index contributed by atoms with van der Waals surface area (Å²) in [6.45, 7) is 0.704. The maximum absolute atomic E-state index is 6.17. The molecule has 0 atom stereocenters. The summed E-state index contributed by atoms with van der Waals surface area (Å²) in [5.41, 5.74) is 0.864. The van der Waals surface area contributed by atoms with Gasteiger partial charge in [-0.05, 0) is 24.5 Å². The lowest BCUT2D eigenvalue weighted by molar-refractivity contribution is 0.245. The van der Waals surface area contributed by atoms with Gasteiger partial charge in [0.05, 0.1) is 17.5 Å². The van der Waals surface area contributed by atoms with Gasteiger partial charge in [0.25, 0.3) is 0 Å². The van der Waals surface area contributed by atoms with Crippen molar-refractivity contribution in [2.75, 3.05) is 6.61 Å². The molecule has 0 aromatic heterocycles. The molecule has 0 saturated heterocycles. The van der Waals surface area contributed by atoms with Crippen LogP contribution in [0.3, 0.4) is 0 Å². The van der Waals surface area contributed by atoms with Crippen LogP contribution in [0, 0.1) is 5.92 Å². The monoisotopic (exact) mass is 320 g/mol. The lowest BCUT2D eigenvalue weighted by Gasteiger charge is -2.22. The van der Waals surface area contributed by atoms with Crippen molar-refractivity contribution >= 4 is 34.8 Å². The minimum atomic E-state index is 0.360. The van der Waals surface area contributed by atoms with E-state index in [0.717, 1.165) is 17.9 Å². The van der Waals surface area contributed by atoms with Crippen LogP contribution in [-0.4, -0.2) is 6.61 Å². The normalized spacial score (nSPS) is 16.6. The van der Waals surface area contributed by atoms with Crippen molar-refractivity contribution in [2.45, 2.75) is 44.4 Å². The van der Waals surface area contributed by atoms with Gasteiger partial charge in [0.2, 0.25) is 0 Å². The fourth-order valence-corrected chi connectivity index (χ4v) is 3.47. The second-order valence-corrected chi connectivity index (χ2v) is 6.26. The first-order chi connectivity index (χ1) is 9.20. The zero-order chi connectivity index (χ0) is 13.7. The molecular formula is C15H19Cl3O. The molecule has 0 radical (unpaired) electrons. The quantitative estimate of drug-likeness (QED) is 0.597. The van der Waals surface area contributed by atoms with Crippen LogP contribution in [0.15, 0.2) is 12.1 Å². The van der Waals surface area contributed by atoms with Crippen molar-refractivity contribution in [2.24, 2.45) is 5.92 Å². The standard InChI is InChI=1S/C15H19Cl3O/c16-10-12-8-13(17)9-14(18)15(12)19-7-6-11-4-2-1-3-5-11/h8-9,11H,1-7,10H2. The molecule has 1 aliphatic rings. The highest BCUT2D eigenvalue weighted by Crippen LogP contribution is 2.34. The lowest BCUT2D eigenvalue weighted by atomic mass is 9.87. The molecular weight excluding hydrogens is 303 g/mol. The third-order valence-electron chi connectivity index (χ3n) is 3.73. The average molecular weight is 322 g/mol. The number of rotatable bonds is 5. The molecule has 1 saturated carbocycles. The van der Waals surface area contributed by atoms with Gasteiger partial charge >= 0.3 is 0 Å². The van der Waals surface area contributed by atoms with E-state index in [1.807, 2.05) is 6.07 Å². The molecule has 0 spiro atoms. The number of halogens is 3. The van der Waals surface area contributed by atoms with Crippen molar-refractivity contribution in [3.8, 4) is 5.75 Å². The van der Waals surface area contributed by atoms with E-state index in [1.165, 1.54) is 32.1 Å². The first kappa shape index (κ1) is 15.3. The summed E-state index contributed by atoms with van der Waals surface area (Å²) in [5, 5.41) is 1.15. The zero-order valence-corrected chi connectivity index (χ0v) is 13.2. The van der Waals surface area contributed by atoms with Gasteiger partial charge in [-0.3, -0.25) is 0 Å². The van der Waals surface area contributed by atoms with E-state index >= 15 is 0 Å². The van der Waals surface area contributed by atoms with Crippen molar-refractivity contribution in [3.05, 3.63) is 27.7 Å². The number of benzene rings is 1. The van der Waals surface area contributed by atoms with Crippen LogP contribution in [0.4, 0.5) is 0 Å². The molecule has 2 rings (SSSR count). The molecule has 1 nitrogen and oxygen atoms in total. The maximum atomic E-state index is 6.17. The highest BCUT2D eigenvalue weighted by atomic mass is 35.5. The van der Waals surface area contributed by atoms with Crippen LogP contribution >= 0.6 is 34.8 Å². The van der Waals surface area contributed by atoms with Crippen LogP contribution in [0.25, 0.3) is 0 Å². The fourth-order valence-electron chi connectivity index (χ4n) is 2.68. The molecule has 1 fully saturated rings. The molecule has 0 unspecified atom stereocenters. The van der Waals surface area contributed by atoms with E-state index in [1.54, 1.807) is 6.07 Å². The summed E-state index contributed by atoms with van der Waals surface area (Å²) in [6, 6.07) is 3.52. The van der Waals surface area contributed by atoms with E-state index in [2.05, 4.69) is 0 Å². The van der Waals surface area contributed by atoms with E-state index in [-0.39, 0.29) is 0 Å². The van der Waals surface area contributed by atoms with Crippen molar-refractivity contribution < 1.29 is 4.74 Å². The Morgan fingerprint density at radius 3 is 2.53 bits per heavy atom. The number of hydrogen-bond acceptors (Lipinski definition) is 1. The second kappa shape index (κ2) is 7.61. The molecule has 1 aliphatic carbocycles. The van der Waals surface area contributed by atoms with Gasteiger partial charge in [0.1, 0.15) is 5.75 Å². The minimum Gasteiger partial charge on any atom is -0.492 e. The van der Waals surface area contributed by atoms with Gasteiger partial charge in [-0.1, -0.05) is 55.3 Å². The predicted octanol–water partition coefficient (Wildman–Crippen LogP) is 6.08. The molecule has 0 heterocycles. The van der Waals surface area contributed by atoms with Crippen LogP contribution < -0.4 is 4.74 Å². The van der Waals surface area contributed by atoms with E-state index in [9.17, 15) is 0 Å². The SMILES string of the molecule is ClCc1cc(Cl)cc(Cl)c1OCCC1CCCCC1. The Kier molecular flexibility index (Phi) is 6.12. The Morgan fingerprint density at radius 2 is 1.84 bits per heavy atom. The minimum absolute atomic E-state index is 0.360. The summed E-state index contributed by atoms with van der Waals surface area (Å²) in [6.07, 6.45) is 7.87. The van der Waals surface area contributed by atoms with Gasteiger partial charge in [0.15, 0.2) is 0 Å². The maximum Gasteiger partial charge on any atom is 0.142 e. The third-order valence-corrected chi connectivity index (χ3v) is 4.51. The lowest BCUT2D eigenvalue weighted by Crippen LogP contribution is -2.11. The van der Waals surface area contributed by atoms with Gasteiger partial charge in [-0.25, -0.2) is 0 Å². The second-order valence-electron chi connectivity index (χ2n) is 5.15. The summed E-state index contributed by atoms with van der Waals surface area (Å²) in [4.78, 5) is 0. The first-order valence-corrected chi connectivity index (χ1v) is 8.16. The average Bonchev–Trinajstić information content (AvgIpc) is 2.42. The van der Waals surface area contributed by atoms with Crippen molar-refractivity contribution in [1.29, 1.82) is 0 Å². The number of hydrogen-bond donors (Lipinski definition) is 0. The summed E-state index contributed by atoms with van der Waals surface area (Å²) in [5.74, 6) is 1.86. The Hall–Kier alpha value is -0.110. The van der Waals surface area contributed by atoms with Gasteiger partial charge in [-0.2, -0.15) is 0 Å². The third kappa shape index (κ3) is 4.44. The van der Waals surface area contributed by atoms with E-state index in [4.69, 9.17) is 39.5 Å². The van der Waals surface area contributed by atoms with E-state index < -0.39 is 0 Å². The molecule has 0 aliphatic heterocycles. The Labute approximate surface area is 130 Å². The molecule has 1 aromatic carbocycles. The largest absolute Gasteiger partial charge is 0.492 e. The topological polar surface area (TPSA) is 9.23 Å². The first-order valence-electron chi connectivity index (χ1n) is 6.87. The van der Waals surface area contributed by atoms with Crippen molar-refractivity contribution in [3.63, 3.8) is 0 Å². The predicted molar refractivity (Wildman–Crippen MR) is 82.7 cm³/mol. The fraction of sp³-hybridized carbons (Fsp3) is 0.600. The highest BCUT2D eigenvalue weighted by Gasteiger charge is 2.15. The van der Waals surface area contributed by atoms with E-state index in [0.29, 0.717) is 28.3 Å². The van der Waals surface area contributed by atoms with Gasteiger partial charge < -0.3 is 4.74 Å². The molecule has 0 N–H and O–H groups in total. The summed E-state index contributed by atoms with van der Waals surface area (Å²) in [7, 11) is 0. The van der Waals surface area contributed by atoms with Crippen LogP contribution in [0.2, 0.25) is 10.0 Å². The molecule has 0 amide bonds. The highest BCUT2D eigenvalue weighted by molar-refractivity contribution is 6.35. The molecule has 4 heteroatoms. The Bertz CT molecular complexity index is 414. The van der Waals surface area contributed by atoms with Gasteiger partial charge in [-0.15, -0.1) is 11.6 Å². The Morgan fingerprint density at radius 1 is 1.11 bits per heavy atom. The molecule has 106 valence electrons. The van der Waals surface area contributed by atoms with Gasteiger partial charge in [0, 0.05) is 10.6 Å².